The number of anilines is 1. The molecule has 0 heterocycles. The molecular weight excluding hydrogens is 482 g/mol. The number of hydrogen-bond donors (Lipinski definition) is 3. The van der Waals surface area contributed by atoms with Gasteiger partial charge in [-0.3, -0.25) is 9.59 Å². The van der Waals surface area contributed by atoms with Crippen LogP contribution < -0.4 is 10.6 Å². The third-order valence-corrected chi connectivity index (χ3v) is 6.92. The zero-order valence-electron chi connectivity index (χ0n) is 23.7. The topological polar surface area (TPSA) is 108 Å². The van der Waals surface area contributed by atoms with E-state index in [2.05, 4.69) is 10.6 Å². The van der Waals surface area contributed by atoms with Crippen molar-refractivity contribution in [1.82, 2.24) is 10.2 Å². The van der Waals surface area contributed by atoms with Gasteiger partial charge in [0.25, 0.3) is 5.91 Å². The molecule has 2 aromatic rings. The van der Waals surface area contributed by atoms with Crippen molar-refractivity contribution in [1.29, 1.82) is 0 Å². The van der Waals surface area contributed by atoms with Crippen molar-refractivity contribution in [3.63, 3.8) is 0 Å². The molecule has 38 heavy (non-hydrogen) atoms. The van der Waals surface area contributed by atoms with Crippen molar-refractivity contribution in [3.05, 3.63) is 64.2 Å². The first kappa shape index (κ1) is 29.2. The first-order chi connectivity index (χ1) is 17.7. The Morgan fingerprint density at radius 2 is 1.50 bits per heavy atom. The zero-order chi connectivity index (χ0) is 28.4. The number of carbonyl (C=O) groups excluding carboxylic acids is 3. The predicted molar refractivity (Wildman–Crippen MR) is 148 cm³/mol. The van der Waals surface area contributed by atoms with Crippen LogP contribution in [0.1, 0.15) is 68.0 Å². The lowest BCUT2D eigenvalue weighted by Crippen LogP contribution is -2.55. The number of hydrogen-bond acceptors (Lipinski definition) is 5. The molecule has 0 spiro atoms. The summed E-state index contributed by atoms with van der Waals surface area (Å²) in [5.41, 5.74) is 4.24. The minimum atomic E-state index is -1.27. The maximum absolute atomic E-state index is 14.1. The second-order valence-corrected chi connectivity index (χ2v) is 11.4. The number of rotatable bonds is 8. The number of amides is 3. The minimum absolute atomic E-state index is 0.166. The third kappa shape index (κ3) is 6.72. The molecule has 1 fully saturated rings. The number of aliphatic hydroxyl groups is 1. The van der Waals surface area contributed by atoms with Crippen LogP contribution in [0.15, 0.2) is 36.4 Å². The summed E-state index contributed by atoms with van der Waals surface area (Å²) in [4.78, 5) is 42.3. The number of aryl methyl sites for hydroxylation is 4. The van der Waals surface area contributed by atoms with E-state index in [4.69, 9.17) is 4.74 Å². The fraction of sp³-hybridized carbons (Fsp3) is 0.500. The Balaban J connectivity index is 2.07. The van der Waals surface area contributed by atoms with Gasteiger partial charge in [0.2, 0.25) is 5.91 Å². The second kappa shape index (κ2) is 11.6. The van der Waals surface area contributed by atoms with Crippen molar-refractivity contribution in [3.8, 4) is 0 Å². The number of nitrogens with one attached hydrogen (secondary N) is 2. The molecule has 0 aromatic heterocycles. The molecule has 0 radical (unpaired) electrons. The molecule has 1 aliphatic rings. The summed E-state index contributed by atoms with van der Waals surface area (Å²) in [5.74, 6) is -0.710. The van der Waals surface area contributed by atoms with Crippen molar-refractivity contribution < 1.29 is 24.2 Å². The number of ether oxygens (including phenoxy) is 1. The van der Waals surface area contributed by atoms with Crippen LogP contribution in [0.4, 0.5) is 10.5 Å². The fourth-order valence-electron chi connectivity index (χ4n) is 4.85. The van der Waals surface area contributed by atoms with Crippen LogP contribution in [0.3, 0.4) is 0 Å². The van der Waals surface area contributed by atoms with E-state index in [0.717, 1.165) is 27.8 Å². The molecule has 1 saturated carbocycles. The summed E-state index contributed by atoms with van der Waals surface area (Å²) >= 11 is 0. The van der Waals surface area contributed by atoms with E-state index in [0.29, 0.717) is 12.1 Å². The number of para-hydroxylation sites is 1. The van der Waals surface area contributed by atoms with Gasteiger partial charge in [-0.15, -0.1) is 0 Å². The molecule has 206 valence electrons. The van der Waals surface area contributed by atoms with Gasteiger partial charge in [0.1, 0.15) is 17.7 Å². The van der Waals surface area contributed by atoms with Crippen molar-refractivity contribution in [2.75, 3.05) is 11.9 Å². The van der Waals surface area contributed by atoms with Gasteiger partial charge in [-0.2, -0.15) is 0 Å². The summed E-state index contributed by atoms with van der Waals surface area (Å²) in [6.45, 7) is 14.2. The van der Waals surface area contributed by atoms with Gasteiger partial charge in [-0.25, -0.2) is 4.79 Å². The summed E-state index contributed by atoms with van der Waals surface area (Å²) in [5, 5.41) is 15.7. The molecular formula is C30H41N3O5. The Morgan fingerprint density at radius 1 is 1.00 bits per heavy atom. The average Bonchev–Trinajstić information content (AvgIpc) is 3.53. The maximum atomic E-state index is 14.1. The third-order valence-electron chi connectivity index (χ3n) is 6.92. The van der Waals surface area contributed by atoms with E-state index in [-0.39, 0.29) is 17.9 Å². The highest BCUT2D eigenvalue weighted by molar-refractivity contribution is 6.00. The minimum Gasteiger partial charge on any atom is -0.444 e. The van der Waals surface area contributed by atoms with Crippen LogP contribution >= 0.6 is 0 Å². The van der Waals surface area contributed by atoms with E-state index >= 15 is 0 Å². The Kier molecular flexibility index (Phi) is 8.87. The zero-order valence-corrected chi connectivity index (χ0v) is 23.7. The standard InChI is InChI=1S/C30H41N3O5/c1-17-11-9-12-18(2)24(17)26(27(35)32-25-19(3)13-10-14-20(25)4)33(23-15-21(23)5)28(36)22(16-34)31-29(37)38-30(6,7)8/h9-14,21-23,26,34H,15-16H2,1-8H3,(H,31,37)(H,32,35). The van der Waals surface area contributed by atoms with E-state index in [1.54, 1.807) is 25.7 Å². The van der Waals surface area contributed by atoms with Crippen LogP contribution in [0.5, 0.6) is 0 Å². The van der Waals surface area contributed by atoms with Crippen molar-refractivity contribution in [2.45, 2.75) is 85.5 Å². The second-order valence-electron chi connectivity index (χ2n) is 11.4. The predicted octanol–water partition coefficient (Wildman–Crippen LogP) is 4.72. The lowest BCUT2D eigenvalue weighted by Gasteiger charge is -2.36. The van der Waals surface area contributed by atoms with Crippen LogP contribution in [0.2, 0.25) is 0 Å². The van der Waals surface area contributed by atoms with Crippen molar-refractivity contribution >= 4 is 23.6 Å². The molecule has 3 amide bonds. The largest absolute Gasteiger partial charge is 0.444 e. The van der Waals surface area contributed by atoms with Gasteiger partial charge in [0, 0.05) is 11.7 Å². The molecule has 0 saturated heterocycles. The Labute approximate surface area is 225 Å². The number of carbonyl (C=O) groups is 3. The average molecular weight is 524 g/mol. The molecule has 8 nitrogen and oxygen atoms in total. The van der Waals surface area contributed by atoms with E-state index < -0.39 is 36.3 Å². The van der Waals surface area contributed by atoms with E-state index in [9.17, 15) is 19.5 Å². The summed E-state index contributed by atoms with van der Waals surface area (Å²) in [6.07, 6.45) is -0.0914. The number of nitrogens with zero attached hydrogens (tertiary/aromatic N) is 1. The highest BCUT2D eigenvalue weighted by Crippen LogP contribution is 2.42. The van der Waals surface area contributed by atoms with E-state index in [1.165, 1.54) is 0 Å². The molecule has 0 aliphatic heterocycles. The maximum Gasteiger partial charge on any atom is 0.408 e. The number of alkyl carbamates (subject to hydrolysis) is 1. The van der Waals surface area contributed by atoms with Gasteiger partial charge in [0.05, 0.1) is 6.61 Å². The van der Waals surface area contributed by atoms with Crippen LogP contribution in [-0.2, 0) is 14.3 Å². The Bertz CT molecular complexity index is 1160. The molecule has 1 aliphatic carbocycles. The van der Waals surface area contributed by atoms with Crippen LogP contribution in [0.25, 0.3) is 0 Å². The number of aliphatic hydroxyl groups excluding tert-OH is 1. The SMILES string of the molecule is Cc1cccc(C)c1NC(=O)C(c1c(C)cccc1C)N(C(=O)C(CO)NC(=O)OC(C)(C)C)C1CC1C. The summed E-state index contributed by atoms with van der Waals surface area (Å²) < 4.78 is 5.32. The number of benzene rings is 2. The molecule has 3 rings (SSSR count). The Hall–Kier alpha value is -3.39. The van der Waals surface area contributed by atoms with Gasteiger partial charge in [-0.05, 0) is 88.6 Å². The highest BCUT2D eigenvalue weighted by atomic mass is 16.6. The quantitative estimate of drug-likeness (QED) is 0.464. The lowest BCUT2D eigenvalue weighted by atomic mass is 9.93. The molecule has 2 aromatic carbocycles. The van der Waals surface area contributed by atoms with Gasteiger partial charge < -0.3 is 25.4 Å². The molecule has 8 heteroatoms. The van der Waals surface area contributed by atoms with Gasteiger partial charge in [0.15, 0.2) is 0 Å². The van der Waals surface area contributed by atoms with Crippen LogP contribution in [0, 0.1) is 33.6 Å². The Morgan fingerprint density at radius 3 is 1.95 bits per heavy atom. The smallest absolute Gasteiger partial charge is 0.408 e. The molecule has 3 N–H and O–H groups in total. The van der Waals surface area contributed by atoms with Crippen LogP contribution in [-0.4, -0.2) is 52.2 Å². The molecule has 0 bridgehead atoms. The van der Waals surface area contributed by atoms with Gasteiger partial charge >= 0.3 is 6.09 Å². The van der Waals surface area contributed by atoms with Crippen molar-refractivity contribution in [2.24, 2.45) is 5.92 Å². The molecule has 4 unspecified atom stereocenters. The fourth-order valence-corrected chi connectivity index (χ4v) is 4.85. The summed E-state index contributed by atoms with van der Waals surface area (Å²) in [6, 6.07) is 9.09. The first-order valence-corrected chi connectivity index (χ1v) is 13.1. The van der Waals surface area contributed by atoms with Gasteiger partial charge in [-0.1, -0.05) is 43.3 Å². The first-order valence-electron chi connectivity index (χ1n) is 13.1. The lowest BCUT2D eigenvalue weighted by molar-refractivity contribution is -0.142. The summed E-state index contributed by atoms with van der Waals surface area (Å²) in [7, 11) is 0. The highest BCUT2D eigenvalue weighted by Gasteiger charge is 2.48. The monoisotopic (exact) mass is 523 g/mol. The van der Waals surface area contributed by atoms with E-state index in [1.807, 2.05) is 71.0 Å². The normalized spacial score (nSPS) is 18.2. The molecule has 4 atom stereocenters.